The van der Waals surface area contributed by atoms with Gasteiger partial charge in [-0.15, -0.1) is 0 Å². The number of Topliss-reactive ketones (excluding diaryl/α,β-unsaturated/α-hetero) is 3. The van der Waals surface area contributed by atoms with Gasteiger partial charge in [0.2, 0.25) is 23.5 Å². The Morgan fingerprint density at radius 3 is 2.00 bits per heavy atom. The number of hydrogen-bond acceptors (Lipinski definition) is 7. The Kier molecular flexibility index (Phi) is 16.2. The number of amides is 5. The molecule has 12 heteroatoms. The fourth-order valence-electron chi connectivity index (χ4n) is 6.47. The topological polar surface area (TPSA) is 162 Å². The number of hydrogen-bond donors (Lipinski definition) is 3. The molecular formula is C40H63N5O7. The molecule has 1 aromatic carbocycles. The number of carbonyl (C=O) groups excluding carboxylic acids is 7. The normalized spacial score (nSPS) is 19.4. The van der Waals surface area contributed by atoms with Crippen LogP contribution in [0.3, 0.4) is 0 Å². The van der Waals surface area contributed by atoms with Crippen LogP contribution >= 0.6 is 0 Å². The molecule has 0 radical (unpaired) electrons. The third-order valence-corrected chi connectivity index (χ3v) is 9.08. The Balaban J connectivity index is 0.00000301. The molecule has 2 fully saturated rings. The molecule has 3 N–H and O–H groups in total. The minimum Gasteiger partial charge on any atom is -0.347 e. The molecule has 6 atom stereocenters. The van der Waals surface area contributed by atoms with Gasteiger partial charge >= 0.3 is 6.03 Å². The first-order valence-electron chi connectivity index (χ1n) is 18.7. The zero-order valence-corrected chi connectivity index (χ0v) is 33.3. The maximum atomic E-state index is 14.0. The summed E-state index contributed by atoms with van der Waals surface area (Å²) in [6, 6.07) is 5.71. The summed E-state index contributed by atoms with van der Waals surface area (Å²) in [5.41, 5.74) is -0.567. The van der Waals surface area contributed by atoms with Crippen molar-refractivity contribution < 1.29 is 33.6 Å². The highest BCUT2D eigenvalue weighted by Crippen LogP contribution is 2.50. The number of likely N-dealkylation sites (N-methyl/N-ethyl adjacent to an activating group) is 1. The van der Waals surface area contributed by atoms with Crippen LogP contribution in [0.15, 0.2) is 30.3 Å². The van der Waals surface area contributed by atoms with E-state index in [4.69, 9.17) is 0 Å². The van der Waals surface area contributed by atoms with Crippen LogP contribution in [0, 0.1) is 23.2 Å². The second-order valence-corrected chi connectivity index (χ2v) is 16.5. The first-order valence-corrected chi connectivity index (χ1v) is 18.7. The van der Waals surface area contributed by atoms with Crippen LogP contribution in [0.5, 0.6) is 0 Å². The molecule has 0 bridgehead atoms. The minimum atomic E-state index is -0.941. The summed E-state index contributed by atoms with van der Waals surface area (Å²) in [4.78, 5) is 95.7. The highest BCUT2D eigenvalue weighted by molar-refractivity contribution is 6.38. The summed E-state index contributed by atoms with van der Waals surface area (Å²) in [6.07, 6.45) is 2.09. The molecule has 3 rings (SSSR count). The number of urea groups is 1. The Morgan fingerprint density at radius 1 is 0.885 bits per heavy atom. The van der Waals surface area contributed by atoms with Gasteiger partial charge in [0.15, 0.2) is 11.6 Å². The maximum Gasteiger partial charge on any atom is 0.315 e. The van der Waals surface area contributed by atoms with Crippen LogP contribution in [-0.4, -0.2) is 89.2 Å². The molecule has 1 unspecified atom stereocenters. The summed E-state index contributed by atoms with van der Waals surface area (Å²) in [5, 5.41) is 8.33. The summed E-state index contributed by atoms with van der Waals surface area (Å²) in [7, 11) is 3.16. The highest BCUT2D eigenvalue weighted by atomic mass is 16.2. The molecule has 0 spiro atoms. The zero-order chi connectivity index (χ0) is 39.6. The molecule has 52 heavy (non-hydrogen) atoms. The number of benzene rings is 1. The Hall–Kier alpha value is -4.09. The Bertz CT molecular complexity index is 1430. The van der Waals surface area contributed by atoms with Crippen molar-refractivity contribution in [3.8, 4) is 0 Å². The molecule has 12 nitrogen and oxygen atoms in total. The average Bonchev–Trinajstić information content (AvgIpc) is 3.71. The molecule has 1 aromatic rings. The third kappa shape index (κ3) is 12.8. The van der Waals surface area contributed by atoms with Crippen LogP contribution in [0.25, 0.3) is 0 Å². The Labute approximate surface area is 310 Å². The van der Waals surface area contributed by atoms with Gasteiger partial charge in [0.25, 0.3) is 0 Å². The maximum absolute atomic E-state index is 14.0. The van der Waals surface area contributed by atoms with Gasteiger partial charge in [-0.1, -0.05) is 84.7 Å². The quantitative estimate of drug-likeness (QED) is 0.214. The standard InChI is InChI=1S/C37H55N5O7.C3H8/c1-10-14-23(31(46)26(43)17-18-28(45)38-29(33(47)41(8)9)22-15-12-11-13-16-22)20-27(44)30-25-19-24(25)21-42(30)34(48)32(36(2,3)4)39-35(49)40-37(5,6)7;1-3-2/h11-13,15-16,23-25,29-30,32H,10,14,17-21H2,1-9H3,(H,38,45)(H2,39,40,49);3H2,1-2H3/t23?,24-,25-,29-,30-,32+;/m0./s1. The molecule has 1 saturated carbocycles. The van der Waals surface area contributed by atoms with Gasteiger partial charge in [-0.3, -0.25) is 28.8 Å². The van der Waals surface area contributed by atoms with Crippen LogP contribution in [0.1, 0.15) is 119 Å². The van der Waals surface area contributed by atoms with Gasteiger partial charge in [-0.2, -0.15) is 0 Å². The molecule has 1 saturated heterocycles. The van der Waals surface area contributed by atoms with E-state index in [-0.39, 0.29) is 48.7 Å². The second kappa shape index (κ2) is 19.1. The number of piperidine rings is 1. The van der Waals surface area contributed by atoms with Crippen molar-refractivity contribution in [3.05, 3.63) is 35.9 Å². The smallest absolute Gasteiger partial charge is 0.315 e. The molecule has 1 heterocycles. The van der Waals surface area contributed by atoms with Gasteiger partial charge in [0, 0.05) is 51.4 Å². The van der Waals surface area contributed by atoms with Crippen molar-refractivity contribution >= 4 is 41.1 Å². The summed E-state index contributed by atoms with van der Waals surface area (Å²) < 4.78 is 0. The fraction of sp³-hybridized carbons (Fsp3) is 0.675. The monoisotopic (exact) mass is 725 g/mol. The highest BCUT2D eigenvalue weighted by Gasteiger charge is 2.58. The SMILES string of the molecule is CCC.CCCC(CC(=O)[C@@H]1[C@H]2C[C@H]2CN1C(=O)[C@@H](NC(=O)NC(C)(C)C)C(C)(C)C)C(=O)C(=O)CCC(=O)N[C@H](C(=O)N(C)C)c1ccccc1. The van der Waals surface area contributed by atoms with Gasteiger partial charge in [0.05, 0.1) is 6.04 Å². The van der Waals surface area contributed by atoms with E-state index in [0.717, 1.165) is 6.42 Å². The summed E-state index contributed by atoms with van der Waals surface area (Å²) in [6.45, 7) is 17.6. The average molecular weight is 726 g/mol. The lowest BCUT2D eigenvalue weighted by Gasteiger charge is -2.37. The predicted molar refractivity (Wildman–Crippen MR) is 201 cm³/mol. The number of fused-ring (bicyclic) bond motifs is 1. The third-order valence-electron chi connectivity index (χ3n) is 9.08. The summed E-state index contributed by atoms with van der Waals surface area (Å²) in [5.74, 6) is -3.65. The summed E-state index contributed by atoms with van der Waals surface area (Å²) >= 11 is 0. The molecule has 5 amide bonds. The van der Waals surface area contributed by atoms with Gasteiger partial charge < -0.3 is 25.8 Å². The minimum absolute atomic E-state index is 0.0142. The molecule has 2 aliphatic rings. The van der Waals surface area contributed by atoms with E-state index in [1.165, 1.54) is 11.3 Å². The predicted octanol–water partition coefficient (Wildman–Crippen LogP) is 5.00. The van der Waals surface area contributed by atoms with Gasteiger partial charge in [0.1, 0.15) is 12.1 Å². The van der Waals surface area contributed by atoms with Gasteiger partial charge in [-0.05, 0) is 56.4 Å². The van der Waals surface area contributed by atoms with E-state index in [9.17, 15) is 33.6 Å². The lowest BCUT2D eigenvalue weighted by atomic mass is 9.84. The van der Waals surface area contributed by atoms with E-state index in [2.05, 4.69) is 29.8 Å². The molecule has 0 aromatic heterocycles. The van der Waals surface area contributed by atoms with Crippen LogP contribution in [0.2, 0.25) is 0 Å². The van der Waals surface area contributed by atoms with E-state index in [1.54, 1.807) is 49.3 Å². The largest absolute Gasteiger partial charge is 0.347 e. The second-order valence-electron chi connectivity index (χ2n) is 16.5. The fourth-order valence-corrected chi connectivity index (χ4v) is 6.47. The van der Waals surface area contributed by atoms with Crippen molar-refractivity contribution in [2.45, 2.75) is 131 Å². The van der Waals surface area contributed by atoms with Crippen LogP contribution in [-0.2, 0) is 28.8 Å². The van der Waals surface area contributed by atoms with E-state index in [1.807, 2.05) is 48.5 Å². The molecule has 1 aliphatic carbocycles. The van der Waals surface area contributed by atoms with Crippen LogP contribution in [0.4, 0.5) is 4.79 Å². The van der Waals surface area contributed by atoms with Crippen molar-refractivity contribution in [2.75, 3.05) is 20.6 Å². The molecular weight excluding hydrogens is 662 g/mol. The van der Waals surface area contributed by atoms with Crippen molar-refractivity contribution in [3.63, 3.8) is 0 Å². The lowest BCUT2D eigenvalue weighted by Crippen LogP contribution is -2.60. The van der Waals surface area contributed by atoms with Crippen molar-refractivity contribution in [1.29, 1.82) is 0 Å². The van der Waals surface area contributed by atoms with Crippen molar-refractivity contribution in [1.82, 2.24) is 25.8 Å². The Morgan fingerprint density at radius 2 is 1.48 bits per heavy atom. The van der Waals surface area contributed by atoms with E-state index < -0.39 is 58.5 Å². The first kappa shape index (κ1) is 44.1. The number of ketones is 3. The number of rotatable bonds is 15. The van der Waals surface area contributed by atoms with E-state index in [0.29, 0.717) is 24.9 Å². The van der Waals surface area contributed by atoms with Crippen molar-refractivity contribution in [2.24, 2.45) is 23.2 Å². The van der Waals surface area contributed by atoms with Crippen LogP contribution < -0.4 is 16.0 Å². The van der Waals surface area contributed by atoms with Gasteiger partial charge in [-0.25, -0.2) is 4.79 Å². The number of nitrogens with zero attached hydrogens (tertiary/aromatic N) is 2. The number of likely N-dealkylation sites (tertiary alicyclic amines) is 1. The zero-order valence-electron chi connectivity index (χ0n) is 33.3. The lowest BCUT2D eigenvalue weighted by molar-refractivity contribution is -0.144. The van der Waals surface area contributed by atoms with E-state index >= 15 is 0 Å². The number of carbonyl (C=O) groups is 7. The molecule has 1 aliphatic heterocycles. The molecule has 290 valence electrons. The number of nitrogens with one attached hydrogen (secondary N) is 3. The first-order chi connectivity index (χ1) is 24.2.